The molecule has 0 aromatic heterocycles. The fourth-order valence-electron chi connectivity index (χ4n) is 3.66. The number of amides is 1. The lowest BCUT2D eigenvalue weighted by Gasteiger charge is -2.36. The predicted molar refractivity (Wildman–Crippen MR) is 111 cm³/mol. The molecule has 1 N–H and O–H groups in total. The van der Waals surface area contributed by atoms with Gasteiger partial charge in [0, 0.05) is 25.2 Å². The lowest BCUT2D eigenvalue weighted by molar-refractivity contribution is -0.160. The summed E-state index contributed by atoms with van der Waals surface area (Å²) in [5.41, 5.74) is 0.283. The van der Waals surface area contributed by atoms with Crippen LogP contribution in [0.15, 0.2) is 29.2 Å². The summed E-state index contributed by atoms with van der Waals surface area (Å²) in [6.07, 6.45) is -0.0671. The molecule has 1 aliphatic heterocycles. The minimum absolute atomic E-state index is 0.0551. The molecule has 0 radical (unpaired) electrons. The highest BCUT2D eigenvalue weighted by atomic mass is 32.2. The molecule has 8 nitrogen and oxygen atoms in total. The smallest absolute Gasteiger partial charge is 0.307 e. The van der Waals surface area contributed by atoms with Crippen molar-refractivity contribution in [2.75, 3.05) is 19.6 Å². The number of Topliss-reactive ketones (excluding diaryl/α,β-unsaturated/α-hetero) is 1. The van der Waals surface area contributed by atoms with E-state index in [0.717, 1.165) is 6.42 Å². The van der Waals surface area contributed by atoms with Gasteiger partial charge in [-0.15, -0.1) is 0 Å². The molecule has 0 spiro atoms. The van der Waals surface area contributed by atoms with Crippen LogP contribution >= 0.6 is 0 Å². The Bertz CT molecular complexity index is 889. The molecule has 3 atom stereocenters. The molecule has 9 heteroatoms. The first-order valence-corrected chi connectivity index (χ1v) is 11.6. The number of rotatable bonds is 8. The van der Waals surface area contributed by atoms with E-state index in [4.69, 9.17) is 4.74 Å². The second-order valence-electron chi connectivity index (χ2n) is 8.05. The third-order valence-corrected chi connectivity index (χ3v) is 6.47. The quantitative estimate of drug-likeness (QED) is 0.491. The molecule has 1 heterocycles. The number of nitrogens with zero attached hydrogens (tertiary/aromatic N) is 1. The zero-order valence-electron chi connectivity index (χ0n) is 17.9. The molecular formula is C21H30N2O6S. The van der Waals surface area contributed by atoms with Crippen molar-refractivity contribution in [3.63, 3.8) is 0 Å². The summed E-state index contributed by atoms with van der Waals surface area (Å²) in [5.74, 6) is -0.336. The van der Waals surface area contributed by atoms with Gasteiger partial charge in [0.15, 0.2) is 11.9 Å². The second kappa shape index (κ2) is 10.2. The van der Waals surface area contributed by atoms with Crippen LogP contribution in [0.5, 0.6) is 0 Å². The molecule has 0 bridgehead atoms. The van der Waals surface area contributed by atoms with Crippen molar-refractivity contribution < 1.29 is 27.5 Å². The molecule has 1 aromatic carbocycles. The molecule has 1 fully saturated rings. The summed E-state index contributed by atoms with van der Waals surface area (Å²) in [5, 5.41) is 0. The van der Waals surface area contributed by atoms with Crippen molar-refractivity contribution >= 4 is 27.7 Å². The van der Waals surface area contributed by atoms with Gasteiger partial charge in [-0.25, -0.2) is 13.1 Å². The summed E-state index contributed by atoms with van der Waals surface area (Å²) in [4.78, 5) is 37.7. The molecule has 0 saturated carbocycles. The standard InChI is InChI=1S/C21H30N2O6S/c1-14-10-15(2)13-23(12-14)21(26)17(4)29-20(25)8-9-22-30(27,28)19-7-5-6-18(11-19)16(3)24/h5-7,11,14-15,17,22H,8-10,12-13H2,1-4H3/t14-,15-,17+/m0/s1. The zero-order chi connectivity index (χ0) is 22.5. The summed E-state index contributed by atoms with van der Waals surface area (Å²) < 4.78 is 32.2. The topological polar surface area (TPSA) is 110 Å². The summed E-state index contributed by atoms with van der Waals surface area (Å²) in [6.45, 7) is 8.17. The van der Waals surface area contributed by atoms with Crippen molar-refractivity contribution in [2.24, 2.45) is 11.8 Å². The maximum absolute atomic E-state index is 12.5. The first-order valence-electron chi connectivity index (χ1n) is 10.1. The van der Waals surface area contributed by atoms with Crippen LogP contribution in [0.3, 0.4) is 0 Å². The third kappa shape index (κ3) is 6.63. The van der Waals surface area contributed by atoms with Crippen LogP contribution in [0.1, 0.15) is 50.9 Å². The zero-order valence-corrected chi connectivity index (χ0v) is 18.7. The van der Waals surface area contributed by atoms with Crippen molar-refractivity contribution in [1.82, 2.24) is 9.62 Å². The number of likely N-dealkylation sites (tertiary alicyclic amines) is 1. The van der Waals surface area contributed by atoms with Gasteiger partial charge < -0.3 is 9.64 Å². The van der Waals surface area contributed by atoms with Crippen LogP contribution in [0, 0.1) is 11.8 Å². The number of carbonyl (C=O) groups excluding carboxylic acids is 3. The van der Waals surface area contributed by atoms with Gasteiger partial charge >= 0.3 is 5.97 Å². The number of ketones is 1. The van der Waals surface area contributed by atoms with E-state index >= 15 is 0 Å². The highest BCUT2D eigenvalue weighted by molar-refractivity contribution is 7.89. The molecular weight excluding hydrogens is 408 g/mol. The number of piperidine rings is 1. The molecule has 1 amide bonds. The van der Waals surface area contributed by atoms with E-state index < -0.39 is 22.1 Å². The Labute approximate surface area is 178 Å². The monoisotopic (exact) mass is 438 g/mol. The fourth-order valence-corrected chi connectivity index (χ4v) is 4.74. The van der Waals surface area contributed by atoms with E-state index in [1.807, 2.05) is 0 Å². The number of ether oxygens (including phenoxy) is 1. The van der Waals surface area contributed by atoms with Gasteiger partial charge in [-0.05, 0) is 44.2 Å². The van der Waals surface area contributed by atoms with Crippen LogP contribution in [0.2, 0.25) is 0 Å². The highest BCUT2D eigenvalue weighted by Crippen LogP contribution is 2.22. The maximum Gasteiger partial charge on any atom is 0.307 e. The third-order valence-electron chi connectivity index (χ3n) is 5.01. The van der Waals surface area contributed by atoms with Crippen LogP contribution in [0.25, 0.3) is 0 Å². The molecule has 166 valence electrons. The molecule has 2 rings (SSSR count). The lowest BCUT2D eigenvalue weighted by atomic mass is 9.91. The SMILES string of the molecule is CC(=O)c1cccc(S(=O)(=O)NCCC(=O)O[C@H](C)C(=O)N2C[C@@H](C)C[C@H](C)C2)c1. The Morgan fingerprint density at radius 2 is 1.83 bits per heavy atom. The van der Waals surface area contributed by atoms with Crippen LogP contribution < -0.4 is 4.72 Å². The average molecular weight is 439 g/mol. The summed E-state index contributed by atoms with van der Waals surface area (Å²) in [7, 11) is -3.87. The first kappa shape index (κ1) is 24.0. The van der Waals surface area contributed by atoms with Crippen molar-refractivity contribution in [3.8, 4) is 0 Å². The normalized spacial score (nSPS) is 20.5. The van der Waals surface area contributed by atoms with Gasteiger partial charge in [0.1, 0.15) is 0 Å². The summed E-state index contributed by atoms with van der Waals surface area (Å²) in [6, 6.07) is 5.66. The summed E-state index contributed by atoms with van der Waals surface area (Å²) >= 11 is 0. The average Bonchev–Trinajstić information content (AvgIpc) is 2.66. The van der Waals surface area contributed by atoms with Gasteiger partial charge in [0.05, 0.1) is 11.3 Å². The number of nitrogens with one attached hydrogen (secondary N) is 1. The van der Waals surface area contributed by atoms with Crippen LogP contribution in [0.4, 0.5) is 0 Å². The molecule has 30 heavy (non-hydrogen) atoms. The van der Waals surface area contributed by atoms with Gasteiger partial charge in [0.2, 0.25) is 10.0 Å². The van der Waals surface area contributed by atoms with Gasteiger partial charge in [0.25, 0.3) is 5.91 Å². The van der Waals surface area contributed by atoms with Gasteiger partial charge in [-0.2, -0.15) is 0 Å². The van der Waals surface area contributed by atoms with E-state index in [-0.39, 0.29) is 35.1 Å². The molecule has 1 aromatic rings. The largest absolute Gasteiger partial charge is 0.452 e. The number of carbonyl (C=O) groups is 3. The minimum atomic E-state index is -3.87. The van der Waals surface area contributed by atoms with Crippen LogP contribution in [-0.4, -0.2) is 56.7 Å². The Morgan fingerprint density at radius 1 is 1.20 bits per heavy atom. The minimum Gasteiger partial charge on any atom is -0.452 e. The number of benzene rings is 1. The van der Waals surface area contributed by atoms with Crippen molar-refractivity contribution in [3.05, 3.63) is 29.8 Å². The maximum atomic E-state index is 12.5. The number of sulfonamides is 1. The van der Waals surface area contributed by atoms with Gasteiger partial charge in [-0.3, -0.25) is 14.4 Å². The molecule has 0 unspecified atom stereocenters. The lowest BCUT2D eigenvalue weighted by Crippen LogP contribution is -2.47. The van der Waals surface area contributed by atoms with E-state index in [2.05, 4.69) is 18.6 Å². The van der Waals surface area contributed by atoms with Crippen molar-refractivity contribution in [2.45, 2.75) is 51.5 Å². The van der Waals surface area contributed by atoms with E-state index in [9.17, 15) is 22.8 Å². The van der Waals surface area contributed by atoms with Crippen LogP contribution in [-0.2, 0) is 24.3 Å². The van der Waals surface area contributed by atoms with E-state index in [1.54, 1.807) is 4.90 Å². The Kier molecular flexibility index (Phi) is 8.14. The molecule has 1 aliphatic rings. The fraction of sp³-hybridized carbons (Fsp3) is 0.571. The second-order valence-corrected chi connectivity index (χ2v) is 9.82. The highest BCUT2D eigenvalue weighted by Gasteiger charge is 2.30. The van der Waals surface area contributed by atoms with Gasteiger partial charge in [-0.1, -0.05) is 26.0 Å². The Hall–Kier alpha value is -2.26. The molecule has 1 saturated heterocycles. The Balaban J connectivity index is 1.84. The molecule has 0 aliphatic carbocycles. The van der Waals surface area contributed by atoms with Crippen molar-refractivity contribution in [1.29, 1.82) is 0 Å². The number of hydrogen-bond acceptors (Lipinski definition) is 6. The first-order chi connectivity index (χ1) is 14.0. The number of esters is 1. The Morgan fingerprint density at radius 3 is 2.43 bits per heavy atom. The van der Waals surface area contributed by atoms with E-state index in [1.165, 1.54) is 38.1 Å². The number of hydrogen-bond donors (Lipinski definition) is 1. The predicted octanol–water partition coefficient (Wildman–Crippen LogP) is 1.99. The van der Waals surface area contributed by atoms with E-state index in [0.29, 0.717) is 24.9 Å².